The molecule has 0 fully saturated rings. The first-order valence-corrected chi connectivity index (χ1v) is 8.70. The van der Waals surface area contributed by atoms with E-state index in [0.717, 1.165) is 47.8 Å². The van der Waals surface area contributed by atoms with Gasteiger partial charge in [-0.3, -0.25) is 0 Å². The molecule has 2 nitrogen and oxygen atoms in total. The summed E-state index contributed by atoms with van der Waals surface area (Å²) in [6.07, 6.45) is 2.19. The zero-order valence-corrected chi connectivity index (χ0v) is 13.7. The summed E-state index contributed by atoms with van der Waals surface area (Å²) >= 11 is 1.88. The normalized spacial score (nSPS) is 10.2. The first-order valence-electron chi connectivity index (χ1n) is 7.55. The van der Waals surface area contributed by atoms with Crippen molar-refractivity contribution in [2.45, 2.75) is 25.5 Å². The number of nitriles is 1. The fraction of sp³-hybridized carbons (Fsp3) is 0.316. The Labute approximate surface area is 137 Å². The molecule has 0 atom stereocenters. The molecule has 0 aliphatic rings. The molecule has 114 valence electrons. The van der Waals surface area contributed by atoms with Gasteiger partial charge in [0.15, 0.2) is 0 Å². The third kappa shape index (κ3) is 5.46. The molecule has 0 aliphatic heterocycles. The smallest absolute Gasteiger partial charge is 0.119 e. The Morgan fingerprint density at radius 2 is 1.95 bits per heavy atom. The van der Waals surface area contributed by atoms with E-state index in [-0.39, 0.29) is 0 Å². The summed E-state index contributed by atoms with van der Waals surface area (Å²) in [6.45, 7) is 2.83. The number of hydrogen-bond acceptors (Lipinski definition) is 3. The maximum atomic E-state index is 9.04. The van der Waals surface area contributed by atoms with E-state index in [9.17, 15) is 0 Å². The Hall–Kier alpha value is -1.92. The highest BCUT2D eigenvalue weighted by Gasteiger charge is 2.00. The van der Waals surface area contributed by atoms with Gasteiger partial charge in [-0.15, -0.1) is 0 Å². The summed E-state index contributed by atoms with van der Waals surface area (Å²) in [5.41, 5.74) is 3.15. The van der Waals surface area contributed by atoms with Gasteiger partial charge in [0.25, 0.3) is 0 Å². The maximum Gasteiger partial charge on any atom is 0.119 e. The number of nitrogens with zero attached hydrogens (tertiary/aromatic N) is 1. The lowest BCUT2D eigenvalue weighted by Gasteiger charge is -2.07. The van der Waals surface area contributed by atoms with E-state index >= 15 is 0 Å². The first-order chi connectivity index (χ1) is 10.8. The van der Waals surface area contributed by atoms with Crippen molar-refractivity contribution in [1.29, 1.82) is 5.26 Å². The molecule has 0 saturated heterocycles. The molecular formula is C19H21NOS. The molecule has 0 heterocycles. The van der Waals surface area contributed by atoms with E-state index < -0.39 is 0 Å². The minimum absolute atomic E-state index is 0.763. The summed E-state index contributed by atoms with van der Waals surface area (Å²) in [6, 6.07) is 18.2. The lowest BCUT2D eigenvalue weighted by Crippen LogP contribution is -1.98. The molecule has 2 aromatic carbocycles. The lowest BCUT2D eigenvalue weighted by molar-refractivity contribution is 0.309. The topological polar surface area (TPSA) is 33.0 Å². The third-order valence-corrected chi connectivity index (χ3v) is 4.43. The molecule has 0 saturated carbocycles. The third-order valence-electron chi connectivity index (χ3n) is 3.34. The van der Waals surface area contributed by atoms with E-state index in [1.54, 1.807) is 0 Å². The number of benzene rings is 2. The van der Waals surface area contributed by atoms with Crippen molar-refractivity contribution in [3.8, 4) is 11.8 Å². The van der Waals surface area contributed by atoms with Gasteiger partial charge in [-0.25, -0.2) is 0 Å². The molecule has 0 bridgehead atoms. The zero-order valence-electron chi connectivity index (χ0n) is 12.9. The molecule has 2 aromatic rings. The largest absolute Gasteiger partial charge is 0.494 e. The van der Waals surface area contributed by atoms with E-state index in [0.29, 0.717) is 0 Å². The Morgan fingerprint density at radius 3 is 2.77 bits per heavy atom. The quantitative estimate of drug-likeness (QED) is 0.646. The lowest BCUT2D eigenvalue weighted by atomic mass is 10.1. The fourth-order valence-corrected chi connectivity index (χ4v) is 3.16. The SMILES string of the molecule is Cc1cccc(OCCCCSCc2ccccc2C#N)c1. The summed E-state index contributed by atoms with van der Waals surface area (Å²) in [5.74, 6) is 2.95. The first kappa shape index (κ1) is 16.5. The number of rotatable bonds is 8. The molecule has 0 radical (unpaired) electrons. The summed E-state index contributed by atoms with van der Waals surface area (Å²) in [5, 5.41) is 9.04. The van der Waals surface area contributed by atoms with Crippen LogP contribution >= 0.6 is 11.8 Å². The van der Waals surface area contributed by atoms with Gasteiger partial charge < -0.3 is 4.74 Å². The highest BCUT2D eigenvalue weighted by Crippen LogP contribution is 2.17. The van der Waals surface area contributed by atoms with Crippen LogP contribution in [-0.4, -0.2) is 12.4 Å². The second kappa shape index (κ2) is 9.17. The Balaban J connectivity index is 1.59. The number of thioether (sulfide) groups is 1. The van der Waals surface area contributed by atoms with Crippen LogP contribution in [0.15, 0.2) is 48.5 Å². The van der Waals surface area contributed by atoms with Crippen molar-refractivity contribution in [1.82, 2.24) is 0 Å². The monoisotopic (exact) mass is 311 g/mol. The summed E-state index contributed by atoms with van der Waals surface area (Å²) < 4.78 is 5.74. The predicted molar refractivity (Wildman–Crippen MR) is 93.2 cm³/mol. The molecule has 0 amide bonds. The molecule has 0 aromatic heterocycles. The van der Waals surface area contributed by atoms with Crippen LogP contribution in [0.2, 0.25) is 0 Å². The van der Waals surface area contributed by atoms with E-state index in [2.05, 4.69) is 25.1 Å². The van der Waals surface area contributed by atoms with Crippen LogP contribution in [0.5, 0.6) is 5.75 Å². The molecule has 3 heteroatoms. The van der Waals surface area contributed by atoms with E-state index in [4.69, 9.17) is 10.00 Å². The number of aryl methyl sites for hydroxylation is 1. The number of hydrogen-bond donors (Lipinski definition) is 0. The fourth-order valence-electron chi connectivity index (χ4n) is 2.14. The van der Waals surface area contributed by atoms with Crippen LogP contribution in [0.4, 0.5) is 0 Å². The second-order valence-corrected chi connectivity index (χ2v) is 6.30. The van der Waals surface area contributed by atoms with E-state index in [1.807, 2.05) is 48.2 Å². The predicted octanol–water partition coefficient (Wildman–Crippen LogP) is 4.96. The van der Waals surface area contributed by atoms with E-state index in [1.165, 1.54) is 5.56 Å². The summed E-state index contributed by atoms with van der Waals surface area (Å²) in [7, 11) is 0. The average Bonchev–Trinajstić information content (AvgIpc) is 2.54. The molecular weight excluding hydrogens is 290 g/mol. The maximum absolute atomic E-state index is 9.04. The van der Waals surface area contributed by atoms with Crippen LogP contribution in [0.25, 0.3) is 0 Å². The van der Waals surface area contributed by atoms with Gasteiger partial charge in [0, 0.05) is 5.75 Å². The molecule has 22 heavy (non-hydrogen) atoms. The average molecular weight is 311 g/mol. The van der Waals surface area contributed by atoms with Crippen molar-refractivity contribution in [2.24, 2.45) is 0 Å². The van der Waals surface area contributed by atoms with Gasteiger partial charge in [0.05, 0.1) is 18.2 Å². The zero-order chi connectivity index (χ0) is 15.6. The van der Waals surface area contributed by atoms with Crippen LogP contribution in [0.1, 0.15) is 29.5 Å². The van der Waals surface area contributed by atoms with Crippen molar-refractivity contribution in [3.05, 3.63) is 65.2 Å². The number of unbranched alkanes of at least 4 members (excludes halogenated alkanes) is 1. The van der Waals surface area contributed by atoms with Crippen LogP contribution < -0.4 is 4.74 Å². The van der Waals surface area contributed by atoms with Gasteiger partial charge in [-0.2, -0.15) is 17.0 Å². The molecule has 2 rings (SSSR count). The summed E-state index contributed by atoms with van der Waals surface area (Å²) in [4.78, 5) is 0. The Kier molecular flexibility index (Phi) is 6.86. The standard InChI is InChI=1S/C19H21NOS/c1-16-7-6-10-19(13-16)21-11-4-5-12-22-15-18-9-3-2-8-17(18)14-20/h2-3,6-10,13H,4-5,11-12,15H2,1H3. The molecule has 0 aliphatic carbocycles. The van der Waals surface area contributed by atoms with Crippen molar-refractivity contribution in [2.75, 3.05) is 12.4 Å². The van der Waals surface area contributed by atoms with Gasteiger partial charge >= 0.3 is 0 Å². The van der Waals surface area contributed by atoms with Crippen molar-refractivity contribution >= 4 is 11.8 Å². The Bertz CT molecular complexity index is 633. The highest BCUT2D eigenvalue weighted by molar-refractivity contribution is 7.98. The molecule has 0 N–H and O–H groups in total. The minimum atomic E-state index is 0.763. The molecule has 0 unspecified atom stereocenters. The Morgan fingerprint density at radius 1 is 1.09 bits per heavy atom. The second-order valence-electron chi connectivity index (χ2n) is 5.19. The van der Waals surface area contributed by atoms with Gasteiger partial charge in [-0.05, 0) is 54.8 Å². The van der Waals surface area contributed by atoms with Gasteiger partial charge in [0.1, 0.15) is 5.75 Å². The van der Waals surface area contributed by atoms with Gasteiger partial charge in [-0.1, -0.05) is 30.3 Å². The van der Waals surface area contributed by atoms with Crippen molar-refractivity contribution in [3.63, 3.8) is 0 Å². The minimum Gasteiger partial charge on any atom is -0.494 e. The van der Waals surface area contributed by atoms with Crippen molar-refractivity contribution < 1.29 is 4.74 Å². The number of ether oxygens (including phenoxy) is 1. The van der Waals surface area contributed by atoms with Crippen LogP contribution in [0, 0.1) is 18.3 Å². The van der Waals surface area contributed by atoms with Crippen LogP contribution in [0.3, 0.4) is 0 Å². The highest BCUT2D eigenvalue weighted by atomic mass is 32.2. The van der Waals surface area contributed by atoms with Crippen LogP contribution in [-0.2, 0) is 5.75 Å². The van der Waals surface area contributed by atoms with Gasteiger partial charge in [0.2, 0.25) is 0 Å². The molecule has 0 spiro atoms.